The van der Waals surface area contributed by atoms with Gasteiger partial charge in [0.1, 0.15) is 5.75 Å². The average Bonchev–Trinajstić information content (AvgIpc) is 3.39. The number of benzene rings is 1. The monoisotopic (exact) mass is 499 g/mol. The molecular weight excluding hydrogens is 462 g/mol. The number of amides is 1. The van der Waals surface area contributed by atoms with Gasteiger partial charge < -0.3 is 9.57 Å². The van der Waals surface area contributed by atoms with Crippen molar-refractivity contribution in [2.24, 2.45) is 11.3 Å². The summed E-state index contributed by atoms with van der Waals surface area (Å²) >= 11 is 1.45. The van der Waals surface area contributed by atoms with Gasteiger partial charge in [0.2, 0.25) is 5.91 Å². The number of hydroxylamine groups is 2. The smallest absolute Gasteiger partial charge is 0.330 e. The maximum absolute atomic E-state index is 13.8. The van der Waals surface area contributed by atoms with Crippen LogP contribution in [0.2, 0.25) is 0 Å². The van der Waals surface area contributed by atoms with Gasteiger partial charge in [0.15, 0.2) is 5.13 Å². The third kappa shape index (κ3) is 6.04. The second-order valence-electron chi connectivity index (χ2n) is 10.6. The Morgan fingerprint density at radius 1 is 1.09 bits per heavy atom. The van der Waals surface area contributed by atoms with Gasteiger partial charge in [-0.25, -0.2) is 9.78 Å². The third-order valence-electron chi connectivity index (χ3n) is 6.98. The van der Waals surface area contributed by atoms with Crippen molar-refractivity contribution < 1.29 is 19.2 Å². The van der Waals surface area contributed by atoms with Gasteiger partial charge >= 0.3 is 5.97 Å². The fourth-order valence-corrected chi connectivity index (χ4v) is 5.54. The second kappa shape index (κ2) is 11.1. The molecule has 0 bridgehead atoms. The lowest BCUT2D eigenvalue weighted by Gasteiger charge is -2.33. The molecule has 35 heavy (non-hydrogen) atoms. The Hall–Kier alpha value is -2.45. The van der Waals surface area contributed by atoms with Crippen molar-refractivity contribution >= 4 is 34.0 Å². The molecule has 1 aromatic heterocycles. The summed E-state index contributed by atoms with van der Waals surface area (Å²) < 4.78 is 5.80. The molecule has 8 heteroatoms. The summed E-state index contributed by atoms with van der Waals surface area (Å²) in [5.74, 6) is 0.947. The number of rotatable bonds is 6. The lowest BCUT2D eigenvalue weighted by molar-refractivity contribution is -0.205. The van der Waals surface area contributed by atoms with Crippen LogP contribution in [0.5, 0.6) is 5.75 Å². The number of ether oxygens (including phenoxy) is 1. The zero-order valence-electron chi connectivity index (χ0n) is 21.3. The number of piperidine rings is 1. The molecule has 190 valence electrons. The van der Waals surface area contributed by atoms with Crippen molar-refractivity contribution in [3.63, 3.8) is 0 Å². The normalized spacial score (nSPS) is 18.3. The van der Waals surface area contributed by atoms with E-state index in [1.165, 1.54) is 49.0 Å². The van der Waals surface area contributed by atoms with Gasteiger partial charge in [-0.2, -0.15) is 0 Å². The third-order valence-corrected chi connectivity index (χ3v) is 7.74. The summed E-state index contributed by atoms with van der Waals surface area (Å²) in [4.78, 5) is 37.8. The second-order valence-corrected chi connectivity index (χ2v) is 11.5. The van der Waals surface area contributed by atoms with Crippen LogP contribution in [0.15, 0.2) is 29.8 Å². The molecule has 2 fully saturated rings. The van der Waals surface area contributed by atoms with Crippen LogP contribution in [-0.2, 0) is 14.4 Å². The first kappa shape index (κ1) is 25.6. The molecule has 0 N–H and O–H groups in total. The molecule has 0 spiro atoms. The first-order valence-electron chi connectivity index (χ1n) is 12.7. The average molecular weight is 500 g/mol. The summed E-state index contributed by atoms with van der Waals surface area (Å²) in [5.41, 5.74) is 1.45. The number of carbonyl (C=O) groups is 2. The van der Waals surface area contributed by atoms with Crippen LogP contribution in [0, 0.1) is 11.3 Å². The molecule has 0 atom stereocenters. The highest BCUT2D eigenvalue weighted by atomic mass is 32.1. The van der Waals surface area contributed by atoms with E-state index < -0.39 is 5.41 Å². The fraction of sp³-hybridized carbons (Fsp3) is 0.593. The number of thiazole rings is 1. The number of hydrogen-bond donors (Lipinski definition) is 0. The van der Waals surface area contributed by atoms with Crippen molar-refractivity contribution in [1.82, 2.24) is 10.0 Å². The van der Waals surface area contributed by atoms with Crippen LogP contribution in [0.4, 0.5) is 10.8 Å². The molecule has 2 aromatic rings. The molecule has 7 nitrogen and oxygen atoms in total. The number of nitrogens with zero attached hydrogens (tertiary/aromatic N) is 3. The van der Waals surface area contributed by atoms with Crippen molar-refractivity contribution in [3.05, 3.63) is 35.3 Å². The number of aromatic nitrogens is 1. The quantitative estimate of drug-likeness (QED) is 0.480. The molecule has 1 amide bonds. The molecule has 1 aliphatic heterocycles. The van der Waals surface area contributed by atoms with E-state index in [1.807, 2.05) is 38.3 Å². The SMILES string of the molecule is COc1cc(N(C(=O)C2CCN(OC(=O)C(C)(C)C)CC2)c2nccs2)ccc1C1CCCCC1. The number of carbonyl (C=O) groups excluding carboxylic acids is 2. The Morgan fingerprint density at radius 3 is 2.40 bits per heavy atom. The zero-order chi connectivity index (χ0) is 25.0. The summed E-state index contributed by atoms with van der Waals surface area (Å²) in [5, 5.41) is 4.23. The fourth-order valence-electron chi connectivity index (χ4n) is 4.88. The highest BCUT2D eigenvalue weighted by Gasteiger charge is 2.34. The molecule has 1 saturated carbocycles. The van der Waals surface area contributed by atoms with Crippen molar-refractivity contribution in [2.45, 2.75) is 71.6 Å². The Balaban J connectivity index is 1.52. The Bertz CT molecular complexity index is 1000. The van der Waals surface area contributed by atoms with E-state index in [0.717, 1.165) is 11.4 Å². The molecule has 2 heterocycles. The predicted octanol–water partition coefficient (Wildman–Crippen LogP) is 6.08. The minimum Gasteiger partial charge on any atom is -0.496 e. The maximum atomic E-state index is 13.8. The minimum absolute atomic E-state index is 0.0224. The molecule has 4 rings (SSSR count). The highest BCUT2D eigenvalue weighted by Crippen LogP contribution is 2.41. The minimum atomic E-state index is -0.558. The van der Waals surface area contributed by atoms with E-state index in [9.17, 15) is 9.59 Å². The van der Waals surface area contributed by atoms with E-state index >= 15 is 0 Å². The molecule has 0 unspecified atom stereocenters. The van der Waals surface area contributed by atoms with Crippen LogP contribution >= 0.6 is 11.3 Å². The standard InChI is InChI=1S/C27H37N3O4S/c1-27(2,3)25(32)34-29-15-12-20(13-16-29)24(31)30(26-28-14-17-35-26)21-10-11-22(23(18-21)33-4)19-8-6-5-7-9-19/h10-11,14,17-20H,5-9,12-13,15-16H2,1-4H3. The van der Waals surface area contributed by atoms with Crippen molar-refractivity contribution in [3.8, 4) is 5.75 Å². The Labute approximate surface area is 212 Å². The van der Waals surface area contributed by atoms with Crippen LogP contribution in [0.1, 0.15) is 77.2 Å². The Morgan fingerprint density at radius 2 is 1.80 bits per heavy atom. The zero-order valence-corrected chi connectivity index (χ0v) is 22.1. The Kier molecular flexibility index (Phi) is 8.12. The highest BCUT2D eigenvalue weighted by molar-refractivity contribution is 7.13. The van der Waals surface area contributed by atoms with Crippen LogP contribution in [0.25, 0.3) is 0 Å². The van der Waals surface area contributed by atoms with E-state index in [-0.39, 0.29) is 17.8 Å². The first-order valence-corrected chi connectivity index (χ1v) is 13.5. The lowest BCUT2D eigenvalue weighted by atomic mass is 9.83. The van der Waals surface area contributed by atoms with Gasteiger partial charge in [0.05, 0.1) is 18.2 Å². The van der Waals surface area contributed by atoms with Gasteiger partial charge in [-0.1, -0.05) is 25.3 Å². The number of methoxy groups -OCH3 is 1. The predicted molar refractivity (Wildman–Crippen MR) is 138 cm³/mol. The van der Waals surface area contributed by atoms with E-state index in [4.69, 9.17) is 9.57 Å². The number of anilines is 2. The number of hydrogen-bond acceptors (Lipinski definition) is 7. The van der Waals surface area contributed by atoms with Gasteiger partial charge in [-0.3, -0.25) is 9.69 Å². The van der Waals surface area contributed by atoms with E-state index in [2.05, 4.69) is 11.1 Å². The lowest BCUT2D eigenvalue weighted by Crippen LogP contribution is -2.43. The van der Waals surface area contributed by atoms with E-state index in [0.29, 0.717) is 37.0 Å². The van der Waals surface area contributed by atoms with Gasteiger partial charge in [0, 0.05) is 36.7 Å². The summed E-state index contributed by atoms with van der Waals surface area (Å²) in [6.45, 7) is 6.59. The molecule has 1 aromatic carbocycles. The largest absolute Gasteiger partial charge is 0.496 e. The van der Waals surface area contributed by atoms with Crippen LogP contribution in [-0.4, -0.2) is 42.1 Å². The summed E-state index contributed by atoms with van der Waals surface area (Å²) in [6, 6.07) is 6.15. The van der Waals surface area contributed by atoms with Gasteiger partial charge in [0.25, 0.3) is 0 Å². The molecule has 0 radical (unpaired) electrons. The van der Waals surface area contributed by atoms with Crippen LogP contribution < -0.4 is 9.64 Å². The molecule has 2 aliphatic rings. The van der Waals surface area contributed by atoms with Crippen molar-refractivity contribution in [1.29, 1.82) is 0 Å². The first-order chi connectivity index (χ1) is 16.8. The van der Waals surface area contributed by atoms with Crippen molar-refractivity contribution in [2.75, 3.05) is 25.1 Å². The summed E-state index contributed by atoms with van der Waals surface area (Å²) in [7, 11) is 1.70. The summed E-state index contributed by atoms with van der Waals surface area (Å²) in [6.07, 6.45) is 9.14. The van der Waals surface area contributed by atoms with E-state index in [1.54, 1.807) is 23.3 Å². The molecular formula is C27H37N3O4S. The molecule has 1 saturated heterocycles. The van der Waals surface area contributed by atoms with Gasteiger partial charge in [-0.15, -0.1) is 16.4 Å². The van der Waals surface area contributed by atoms with Gasteiger partial charge in [-0.05, 0) is 64.0 Å². The topological polar surface area (TPSA) is 72.0 Å². The van der Waals surface area contributed by atoms with Crippen LogP contribution in [0.3, 0.4) is 0 Å². The molecule has 1 aliphatic carbocycles. The maximum Gasteiger partial charge on any atom is 0.330 e.